The van der Waals surface area contributed by atoms with E-state index in [0.29, 0.717) is 29.0 Å². The van der Waals surface area contributed by atoms with E-state index in [2.05, 4.69) is 15.5 Å². The van der Waals surface area contributed by atoms with Crippen molar-refractivity contribution >= 4 is 23.4 Å². The van der Waals surface area contributed by atoms with Crippen LogP contribution in [0.25, 0.3) is 0 Å². The Morgan fingerprint density at radius 3 is 2.61 bits per heavy atom. The first-order valence-corrected chi connectivity index (χ1v) is 10.8. The average molecular weight is 445 g/mol. The molecule has 0 bridgehead atoms. The first-order valence-electron chi connectivity index (χ1n) is 9.88. The number of nitrogens with one attached hydrogen (secondary N) is 1. The Balaban J connectivity index is 1.70. The lowest BCUT2D eigenvalue weighted by molar-refractivity contribution is -0.115. The summed E-state index contributed by atoms with van der Waals surface area (Å²) in [5.74, 6) is 1.21. The first-order chi connectivity index (χ1) is 14.9. The van der Waals surface area contributed by atoms with Crippen molar-refractivity contribution in [3.05, 3.63) is 60.2 Å². The van der Waals surface area contributed by atoms with Crippen LogP contribution in [0, 0.1) is 5.82 Å². The van der Waals surface area contributed by atoms with Gasteiger partial charge in [0.15, 0.2) is 17.1 Å². The number of carbonyl (C=O) groups is 1. The summed E-state index contributed by atoms with van der Waals surface area (Å²) in [4.78, 5) is 12.5. The van der Waals surface area contributed by atoms with E-state index in [-0.39, 0.29) is 17.7 Å². The van der Waals surface area contributed by atoms with Crippen molar-refractivity contribution in [3.8, 4) is 11.5 Å². The fraction of sp³-hybridized carbons (Fsp3) is 0.318. The highest BCUT2D eigenvalue weighted by Crippen LogP contribution is 2.28. The summed E-state index contributed by atoms with van der Waals surface area (Å²) in [5.41, 5.74) is 0.151. The maximum Gasteiger partial charge on any atom is 0.237 e. The van der Waals surface area contributed by atoms with Gasteiger partial charge in [-0.3, -0.25) is 4.79 Å². The van der Waals surface area contributed by atoms with E-state index in [1.807, 2.05) is 36.6 Å². The third-order valence-electron chi connectivity index (χ3n) is 4.56. The highest BCUT2D eigenvalue weighted by Gasteiger charge is 2.23. The quantitative estimate of drug-likeness (QED) is 0.482. The highest BCUT2D eigenvalue weighted by molar-refractivity contribution is 8.00. The van der Waals surface area contributed by atoms with Crippen LogP contribution in [0.4, 0.5) is 10.1 Å². The standard InChI is InChI=1S/C22H25FN4O3S/c1-5-27-20(14(2)30-17-10-8-9-16(13-17)29-4)25-26-22(27)31-15(3)21(28)24-19-12-7-6-11-18(19)23/h6-15H,5H2,1-4H3,(H,24,28). The second-order valence-corrected chi connectivity index (χ2v) is 8.06. The molecule has 1 aromatic heterocycles. The number of aromatic nitrogens is 3. The lowest BCUT2D eigenvalue weighted by Gasteiger charge is -2.17. The average Bonchev–Trinajstić information content (AvgIpc) is 3.18. The Bertz CT molecular complexity index is 1040. The van der Waals surface area contributed by atoms with Crippen molar-refractivity contribution in [2.24, 2.45) is 0 Å². The zero-order valence-corrected chi connectivity index (χ0v) is 18.6. The highest BCUT2D eigenvalue weighted by atomic mass is 32.2. The van der Waals surface area contributed by atoms with Crippen molar-refractivity contribution < 1.29 is 18.7 Å². The molecule has 0 spiro atoms. The van der Waals surface area contributed by atoms with Gasteiger partial charge in [-0.15, -0.1) is 10.2 Å². The van der Waals surface area contributed by atoms with E-state index in [1.165, 1.54) is 23.9 Å². The zero-order chi connectivity index (χ0) is 22.4. The predicted octanol–water partition coefficient (Wildman–Crippen LogP) is 4.71. The van der Waals surface area contributed by atoms with Crippen LogP contribution in [-0.2, 0) is 11.3 Å². The minimum absolute atomic E-state index is 0.151. The molecule has 9 heteroatoms. The van der Waals surface area contributed by atoms with Gasteiger partial charge in [0.25, 0.3) is 0 Å². The number of carbonyl (C=O) groups excluding carboxylic acids is 1. The number of rotatable bonds is 9. The van der Waals surface area contributed by atoms with E-state index in [0.717, 1.165) is 0 Å². The lowest BCUT2D eigenvalue weighted by atomic mass is 10.3. The van der Waals surface area contributed by atoms with Gasteiger partial charge in [-0.05, 0) is 45.0 Å². The number of anilines is 1. The van der Waals surface area contributed by atoms with Gasteiger partial charge in [-0.25, -0.2) is 4.39 Å². The maximum absolute atomic E-state index is 13.8. The van der Waals surface area contributed by atoms with Crippen LogP contribution in [-0.4, -0.2) is 33.0 Å². The minimum Gasteiger partial charge on any atom is -0.497 e. The number of ether oxygens (including phenoxy) is 2. The molecule has 1 amide bonds. The molecule has 0 aliphatic heterocycles. The monoisotopic (exact) mass is 444 g/mol. The number of nitrogens with zero attached hydrogens (tertiary/aromatic N) is 3. The SMILES string of the molecule is CCn1c(SC(C)C(=O)Nc2ccccc2F)nnc1C(C)Oc1cccc(OC)c1. The smallest absolute Gasteiger partial charge is 0.237 e. The molecule has 2 aromatic carbocycles. The van der Waals surface area contributed by atoms with E-state index in [9.17, 15) is 9.18 Å². The summed E-state index contributed by atoms with van der Waals surface area (Å²) in [6, 6.07) is 13.4. The normalized spacial score (nSPS) is 12.8. The third-order valence-corrected chi connectivity index (χ3v) is 5.64. The molecule has 0 aliphatic rings. The van der Waals surface area contributed by atoms with Crippen LogP contribution in [0.15, 0.2) is 53.7 Å². The van der Waals surface area contributed by atoms with E-state index >= 15 is 0 Å². The number of halogens is 1. The third kappa shape index (κ3) is 5.55. The van der Waals surface area contributed by atoms with Gasteiger partial charge in [-0.2, -0.15) is 0 Å². The van der Waals surface area contributed by atoms with Crippen molar-refractivity contribution in [2.45, 2.75) is 43.8 Å². The molecule has 1 heterocycles. The number of thioether (sulfide) groups is 1. The van der Waals surface area contributed by atoms with Gasteiger partial charge >= 0.3 is 0 Å². The summed E-state index contributed by atoms with van der Waals surface area (Å²) < 4.78 is 27.0. The number of para-hydroxylation sites is 1. The molecule has 0 saturated carbocycles. The molecule has 0 saturated heterocycles. The Morgan fingerprint density at radius 2 is 1.90 bits per heavy atom. The molecule has 2 unspecified atom stereocenters. The molecule has 164 valence electrons. The van der Waals surface area contributed by atoms with Crippen LogP contribution < -0.4 is 14.8 Å². The van der Waals surface area contributed by atoms with Crippen LogP contribution in [0.2, 0.25) is 0 Å². The predicted molar refractivity (Wildman–Crippen MR) is 118 cm³/mol. The molecule has 2 atom stereocenters. The maximum atomic E-state index is 13.8. The topological polar surface area (TPSA) is 78.3 Å². The molecule has 3 rings (SSSR count). The molecular formula is C22H25FN4O3S. The van der Waals surface area contributed by atoms with Gasteiger partial charge < -0.3 is 19.4 Å². The second-order valence-electron chi connectivity index (χ2n) is 6.75. The summed E-state index contributed by atoms with van der Waals surface area (Å²) >= 11 is 1.26. The zero-order valence-electron chi connectivity index (χ0n) is 17.8. The van der Waals surface area contributed by atoms with Crippen molar-refractivity contribution in [2.75, 3.05) is 12.4 Å². The molecule has 31 heavy (non-hydrogen) atoms. The summed E-state index contributed by atoms with van der Waals surface area (Å²) in [5, 5.41) is 11.2. The molecule has 0 fully saturated rings. The Hall–Kier alpha value is -3.07. The Morgan fingerprint density at radius 1 is 1.16 bits per heavy atom. The number of hydrogen-bond donors (Lipinski definition) is 1. The fourth-order valence-electron chi connectivity index (χ4n) is 2.93. The lowest BCUT2D eigenvalue weighted by Crippen LogP contribution is -2.23. The van der Waals surface area contributed by atoms with Crippen LogP contribution >= 0.6 is 11.8 Å². The van der Waals surface area contributed by atoms with E-state index < -0.39 is 11.1 Å². The number of hydrogen-bond acceptors (Lipinski definition) is 6. The van der Waals surface area contributed by atoms with E-state index in [1.54, 1.807) is 32.2 Å². The van der Waals surface area contributed by atoms with E-state index in [4.69, 9.17) is 9.47 Å². The molecule has 1 N–H and O–H groups in total. The van der Waals surface area contributed by atoms with Crippen LogP contribution in [0.5, 0.6) is 11.5 Å². The molecule has 7 nitrogen and oxygen atoms in total. The molecule has 0 radical (unpaired) electrons. The van der Waals surface area contributed by atoms with Gasteiger partial charge in [0.2, 0.25) is 5.91 Å². The summed E-state index contributed by atoms with van der Waals surface area (Å²) in [6.07, 6.45) is -0.364. The van der Waals surface area contributed by atoms with Gasteiger partial charge in [0.05, 0.1) is 18.0 Å². The van der Waals surface area contributed by atoms with Gasteiger partial charge in [0.1, 0.15) is 17.3 Å². The van der Waals surface area contributed by atoms with Crippen molar-refractivity contribution in [1.29, 1.82) is 0 Å². The van der Waals surface area contributed by atoms with Gasteiger partial charge in [0, 0.05) is 12.6 Å². The Labute approximate surface area is 185 Å². The summed E-state index contributed by atoms with van der Waals surface area (Å²) in [7, 11) is 1.60. The molecule has 0 aliphatic carbocycles. The minimum atomic E-state index is -0.503. The van der Waals surface area contributed by atoms with Gasteiger partial charge in [-0.1, -0.05) is 30.0 Å². The Kier molecular flexibility index (Phi) is 7.51. The molecule has 3 aromatic rings. The number of methoxy groups -OCH3 is 1. The van der Waals surface area contributed by atoms with Crippen LogP contribution in [0.1, 0.15) is 32.7 Å². The molecular weight excluding hydrogens is 419 g/mol. The largest absolute Gasteiger partial charge is 0.497 e. The fourth-order valence-corrected chi connectivity index (χ4v) is 3.85. The number of amides is 1. The van der Waals surface area contributed by atoms with Crippen molar-refractivity contribution in [1.82, 2.24) is 14.8 Å². The van der Waals surface area contributed by atoms with Crippen molar-refractivity contribution in [3.63, 3.8) is 0 Å². The summed E-state index contributed by atoms with van der Waals surface area (Å²) in [6.45, 7) is 6.21. The number of benzene rings is 2. The van der Waals surface area contributed by atoms with Crippen LogP contribution in [0.3, 0.4) is 0 Å². The second kappa shape index (κ2) is 10.3. The first kappa shape index (κ1) is 22.6.